The third-order valence-corrected chi connectivity index (χ3v) is 4.01. The first-order chi connectivity index (χ1) is 9.97. The summed E-state index contributed by atoms with van der Waals surface area (Å²) in [5.41, 5.74) is 2.08. The van der Waals surface area contributed by atoms with Crippen molar-refractivity contribution in [2.24, 2.45) is 0 Å². The van der Waals surface area contributed by atoms with Gasteiger partial charge in [0.1, 0.15) is 5.54 Å². The quantitative estimate of drug-likeness (QED) is 0.788. The molecule has 0 aromatic heterocycles. The Labute approximate surface area is 130 Å². The van der Waals surface area contributed by atoms with E-state index in [9.17, 15) is 5.26 Å². The molecule has 2 unspecified atom stereocenters. The molecule has 0 saturated carbocycles. The summed E-state index contributed by atoms with van der Waals surface area (Å²) in [5.74, 6) is 0. The summed E-state index contributed by atoms with van der Waals surface area (Å²) in [6.07, 6.45) is 1.85. The van der Waals surface area contributed by atoms with Crippen molar-refractivity contribution >= 4 is 5.69 Å². The van der Waals surface area contributed by atoms with E-state index in [1.165, 1.54) is 11.3 Å². The van der Waals surface area contributed by atoms with Crippen molar-refractivity contribution in [2.45, 2.75) is 59.0 Å². The van der Waals surface area contributed by atoms with Crippen LogP contribution < -0.4 is 10.2 Å². The Morgan fingerprint density at radius 3 is 2.52 bits per heavy atom. The largest absolute Gasteiger partial charge is 0.369 e. The second-order valence-corrected chi connectivity index (χ2v) is 6.00. The van der Waals surface area contributed by atoms with Gasteiger partial charge in [-0.05, 0) is 58.7 Å². The third-order valence-electron chi connectivity index (χ3n) is 4.01. The molecule has 0 bridgehead atoms. The van der Waals surface area contributed by atoms with Gasteiger partial charge in [0.05, 0.1) is 6.07 Å². The van der Waals surface area contributed by atoms with E-state index in [1.54, 1.807) is 0 Å². The van der Waals surface area contributed by atoms with Gasteiger partial charge in [-0.25, -0.2) is 0 Å². The maximum Gasteiger partial charge on any atom is 0.105 e. The van der Waals surface area contributed by atoms with E-state index < -0.39 is 5.54 Å². The lowest BCUT2D eigenvalue weighted by atomic mass is 9.93. The van der Waals surface area contributed by atoms with Gasteiger partial charge in [0.15, 0.2) is 0 Å². The Morgan fingerprint density at radius 1 is 1.33 bits per heavy atom. The van der Waals surface area contributed by atoms with Crippen molar-refractivity contribution in [1.29, 1.82) is 5.26 Å². The standard InChI is InChI=1S/C18H29N3/c1-6-12-20-18(5,14-19)13-16(4)21(7-2)17-11-9-8-10-15(17)3/h8-11,16,20H,6-7,12-13H2,1-5H3. The van der Waals surface area contributed by atoms with Gasteiger partial charge in [-0.1, -0.05) is 25.1 Å². The first kappa shape index (κ1) is 17.5. The zero-order chi connectivity index (χ0) is 15.9. The van der Waals surface area contributed by atoms with Gasteiger partial charge in [0, 0.05) is 18.3 Å². The molecule has 0 aliphatic heterocycles. The first-order valence-corrected chi connectivity index (χ1v) is 7.96. The average molecular weight is 287 g/mol. The highest BCUT2D eigenvalue weighted by molar-refractivity contribution is 5.53. The Kier molecular flexibility index (Phi) is 6.71. The van der Waals surface area contributed by atoms with Crippen LogP contribution in [0.1, 0.15) is 46.1 Å². The van der Waals surface area contributed by atoms with Gasteiger partial charge in [-0.3, -0.25) is 5.32 Å². The summed E-state index contributed by atoms with van der Waals surface area (Å²) in [4.78, 5) is 2.39. The van der Waals surface area contributed by atoms with E-state index >= 15 is 0 Å². The summed E-state index contributed by atoms with van der Waals surface area (Å²) in [5, 5.41) is 12.9. The highest BCUT2D eigenvalue weighted by Crippen LogP contribution is 2.25. The van der Waals surface area contributed by atoms with Crippen molar-refractivity contribution in [3.63, 3.8) is 0 Å². The molecule has 0 spiro atoms. The molecule has 0 amide bonds. The molecule has 0 heterocycles. The third kappa shape index (κ3) is 4.75. The van der Waals surface area contributed by atoms with Crippen LogP contribution in [0.3, 0.4) is 0 Å². The fourth-order valence-corrected chi connectivity index (χ4v) is 2.86. The molecule has 0 aliphatic carbocycles. The summed E-state index contributed by atoms with van der Waals surface area (Å²) >= 11 is 0. The van der Waals surface area contributed by atoms with Gasteiger partial charge in [-0.15, -0.1) is 0 Å². The van der Waals surface area contributed by atoms with Crippen molar-refractivity contribution in [3.05, 3.63) is 29.8 Å². The number of hydrogen-bond acceptors (Lipinski definition) is 3. The zero-order valence-corrected chi connectivity index (χ0v) is 14.1. The number of aryl methyl sites for hydroxylation is 1. The Balaban J connectivity index is 2.87. The predicted molar refractivity (Wildman–Crippen MR) is 90.6 cm³/mol. The van der Waals surface area contributed by atoms with Crippen molar-refractivity contribution < 1.29 is 0 Å². The highest BCUT2D eigenvalue weighted by atomic mass is 15.2. The van der Waals surface area contributed by atoms with Crippen LogP contribution in [0.2, 0.25) is 0 Å². The monoisotopic (exact) mass is 287 g/mol. The van der Waals surface area contributed by atoms with Crippen LogP contribution in [0.15, 0.2) is 24.3 Å². The fraction of sp³-hybridized carbons (Fsp3) is 0.611. The van der Waals surface area contributed by atoms with E-state index in [0.29, 0.717) is 6.04 Å². The number of nitrogens with one attached hydrogen (secondary N) is 1. The van der Waals surface area contributed by atoms with Crippen molar-refractivity contribution in [2.75, 3.05) is 18.0 Å². The molecule has 2 atom stereocenters. The maximum atomic E-state index is 9.51. The molecule has 0 radical (unpaired) electrons. The van der Waals surface area contributed by atoms with Gasteiger partial charge >= 0.3 is 0 Å². The minimum atomic E-state index is -0.467. The molecule has 1 N–H and O–H groups in total. The SMILES string of the molecule is CCCNC(C)(C#N)CC(C)N(CC)c1ccccc1C. The smallest absolute Gasteiger partial charge is 0.105 e. The normalized spacial score (nSPS) is 15.0. The van der Waals surface area contributed by atoms with Crippen LogP contribution in [0.5, 0.6) is 0 Å². The summed E-state index contributed by atoms with van der Waals surface area (Å²) < 4.78 is 0. The second kappa shape index (κ2) is 8.05. The number of para-hydroxylation sites is 1. The summed E-state index contributed by atoms with van der Waals surface area (Å²) in [7, 11) is 0. The number of hydrogen-bond donors (Lipinski definition) is 1. The van der Waals surface area contributed by atoms with Crippen LogP contribution in [0.25, 0.3) is 0 Å². The van der Waals surface area contributed by atoms with Crippen LogP contribution in [-0.2, 0) is 0 Å². The molecule has 21 heavy (non-hydrogen) atoms. The molecule has 1 aromatic carbocycles. The van der Waals surface area contributed by atoms with Gasteiger partial charge < -0.3 is 4.90 Å². The van der Waals surface area contributed by atoms with Gasteiger partial charge in [0.25, 0.3) is 0 Å². The number of anilines is 1. The molecule has 116 valence electrons. The van der Waals surface area contributed by atoms with E-state index in [2.05, 4.69) is 68.2 Å². The Hall–Kier alpha value is -1.53. The number of benzene rings is 1. The lowest BCUT2D eigenvalue weighted by Crippen LogP contribution is -2.47. The van der Waals surface area contributed by atoms with Gasteiger partial charge in [-0.2, -0.15) is 5.26 Å². The molecule has 3 heteroatoms. The van der Waals surface area contributed by atoms with Crippen LogP contribution in [0, 0.1) is 18.3 Å². The lowest BCUT2D eigenvalue weighted by molar-refractivity contribution is 0.383. The maximum absolute atomic E-state index is 9.51. The highest BCUT2D eigenvalue weighted by Gasteiger charge is 2.28. The molecule has 1 aromatic rings. The number of rotatable bonds is 8. The molecule has 0 saturated heterocycles. The molecule has 3 nitrogen and oxygen atoms in total. The minimum Gasteiger partial charge on any atom is -0.369 e. The van der Waals surface area contributed by atoms with Crippen molar-refractivity contribution in [3.8, 4) is 6.07 Å². The summed E-state index contributed by atoms with van der Waals surface area (Å²) in [6.45, 7) is 12.5. The van der Waals surface area contributed by atoms with Crippen LogP contribution in [0.4, 0.5) is 5.69 Å². The number of nitriles is 1. The summed E-state index contributed by atoms with van der Waals surface area (Å²) in [6, 6.07) is 11.2. The minimum absolute atomic E-state index is 0.310. The zero-order valence-electron chi connectivity index (χ0n) is 14.1. The molecule has 0 fully saturated rings. The Bertz CT molecular complexity index is 478. The van der Waals surface area contributed by atoms with Crippen LogP contribution >= 0.6 is 0 Å². The van der Waals surface area contributed by atoms with E-state index in [1.807, 2.05) is 6.92 Å². The topological polar surface area (TPSA) is 39.1 Å². The van der Waals surface area contributed by atoms with Gasteiger partial charge in [0.2, 0.25) is 0 Å². The molecule has 1 rings (SSSR count). The molecular weight excluding hydrogens is 258 g/mol. The van der Waals surface area contributed by atoms with Crippen LogP contribution in [-0.4, -0.2) is 24.7 Å². The van der Waals surface area contributed by atoms with E-state index in [-0.39, 0.29) is 0 Å². The van der Waals surface area contributed by atoms with E-state index in [0.717, 1.165) is 25.9 Å². The molecule has 0 aliphatic rings. The first-order valence-electron chi connectivity index (χ1n) is 7.96. The fourth-order valence-electron chi connectivity index (χ4n) is 2.86. The molecular formula is C18H29N3. The second-order valence-electron chi connectivity index (χ2n) is 6.00. The number of nitrogens with zero attached hydrogens (tertiary/aromatic N) is 2. The average Bonchev–Trinajstić information content (AvgIpc) is 2.48. The lowest BCUT2D eigenvalue weighted by Gasteiger charge is -2.36. The Morgan fingerprint density at radius 2 is 2.00 bits per heavy atom. The van der Waals surface area contributed by atoms with Crippen molar-refractivity contribution in [1.82, 2.24) is 5.32 Å². The predicted octanol–water partition coefficient (Wildman–Crippen LogP) is 3.88. The van der Waals surface area contributed by atoms with E-state index in [4.69, 9.17) is 0 Å².